The third-order valence-corrected chi connectivity index (χ3v) is 4.07. The maximum absolute atomic E-state index is 11.4. The Labute approximate surface area is 121 Å². The van der Waals surface area contributed by atoms with Crippen molar-refractivity contribution in [1.82, 2.24) is 0 Å². The van der Waals surface area contributed by atoms with Crippen molar-refractivity contribution in [3.63, 3.8) is 0 Å². The molecular formula is C17H24O3. The van der Waals surface area contributed by atoms with Crippen LogP contribution in [0, 0.1) is 0 Å². The summed E-state index contributed by atoms with van der Waals surface area (Å²) in [7, 11) is 0. The molecule has 1 saturated carbocycles. The molecule has 0 bridgehead atoms. The minimum Gasteiger partial charge on any atom is -0.493 e. The lowest BCUT2D eigenvalue weighted by Gasteiger charge is -2.22. The quantitative estimate of drug-likeness (QED) is 0.772. The number of carbonyl (C=O) groups is 1. The Morgan fingerprint density at radius 2 is 2.05 bits per heavy atom. The zero-order valence-corrected chi connectivity index (χ0v) is 12.2. The summed E-state index contributed by atoms with van der Waals surface area (Å²) in [6.45, 7) is 2.67. The van der Waals surface area contributed by atoms with Crippen molar-refractivity contribution in [3.05, 3.63) is 29.3 Å². The Bertz CT molecular complexity index is 448. The first-order valence-electron chi connectivity index (χ1n) is 7.72. The van der Waals surface area contributed by atoms with Crippen molar-refractivity contribution < 1.29 is 14.6 Å². The topological polar surface area (TPSA) is 46.5 Å². The third-order valence-electron chi connectivity index (χ3n) is 4.07. The highest BCUT2D eigenvalue weighted by atomic mass is 16.5. The van der Waals surface area contributed by atoms with Crippen LogP contribution in [0.15, 0.2) is 18.2 Å². The van der Waals surface area contributed by atoms with Crippen molar-refractivity contribution >= 4 is 5.97 Å². The normalized spacial score (nSPS) is 16.1. The van der Waals surface area contributed by atoms with E-state index >= 15 is 0 Å². The van der Waals surface area contributed by atoms with Gasteiger partial charge in [0.25, 0.3) is 0 Å². The van der Waals surface area contributed by atoms with Gasteiger partial charge in [-0.3, -0.25) is 0 Å². The number of ether oxygens (including phenoxy) is 1. The van der Waals surface area contributed by atoms with Gasteiger partial charge < -0.3 is 9.84 Å². The molecule has 0 heterocycles. The van der Waals surface area contributed by atoms with Gasteiger partial charge in [0.2, 0.25) is 0 Å². The predicted octanol–water partition coefficient (Wildman–Crippen LogP) is 4.61. The zero-order chi connectivity index (χ0) is 14.4. The van der Waals surface area contributed by atoms with E-state index < -0.39 is 5.97 Å². The van der Waals surface area contributed by atoms with Crippen LogP contribution < -0.4 is 4.74 Å². The average molecular weight is 276 g/mol. The van der Waals surface area contributed by atoms with Crippen LogP contribution in [0.5, 0.6) is 5.75 Å². The van der Waals surface area contributed by atoms with Crippen molar-refractivity contribution in [3.8, 4) is 5.75 Å². The lowest BCUT2D eigenvalue weighted by molar-refractivity contribution is 0.0692. The van der Waals surface area contributed by atoms with E-state index in [1.807, 2.05) is 18.2 Å². The lowest BCUT2D eigenvalue weighted by atomic mass is 9.83. The van der Waals surface area contributed by atoms with Gasteiger partial charge >= 0.3 is 5.97 Å². The first kappa shape index (κ1) is 14.9. The molecule has 1 fully saturated rings. The molecule has 0 atom stereocenters. The highest BCUT2D eigenvalue weighted by Crippen LogP contribution is 2.34. The van der Waals surface area contributed by atoms with Crippen molar-refractivity contribution in [2.24, 2.45) is 0 Å². The van der Waals surface area contributed by atoms with Crippen molar-refractivity contribution in [1.29, 1.82) is 0 Å². The number of unbranched alkanes of at least 4 members (excludes halogenated alkanes) is 1. The molecule has 3 heteroatoms. The molecule has 1 aliphatic carbocycles. The zero-order valence-electron chi connectivity index (χ0n) is 12.2. The summed E-state index contributed by atoms with van der Waals surface area (Å²) in [5, 5.41) is 9.36. The summed E-state index contributed by atoms with van der Waals surface area (Å²) < 4.78 is 5.60. The van der Waals surface area contributed by atoms with E-state index in [9.17, 15) is 9.90 Å². The largest absolute Gasteiger partial charge is 0.493 e. The Kier molecular flexibility index (Phi) is 5.45. The molecule has 110 valence electrons. The molecule has 20 heavy (non-hydrogen) atoms. The predicted molar refractivity (Wildman–Crippen MR) is 79.6 cm³/mol. The van der Waals surface area contributed by atoms with Gasteiger partial charge in [0.05, 0.1) is 6.61 Å². The smallest absolute Gasteiger partial charge is 0.339 e. The van der Waals surface area contributed by atoms with Crippen molar-refractivity contribution in [2.45, 2.75) is 57.8 Å². The maximum Gasteiger partial charge on any atom is 0.339 e. The van der Waals surface area contributed by atoms with Crippen molar-refractivity contribution in [2.75, 3.05) is 6.61 Å². The van der Waals surface area contributed by atoms with Crippen LogP contribution in [-0.2, 0) is 0 Å². The minimum absolute atomic E-state index is 0.309. The third kappa shape index (κ3) is 3.75. The fourth-order valence-electron chi connectivity index (χ4n) is 2.86. The molecule has 3 nitrogen and oxygen atoms in total. The number of aromatic carboxylic acids is 1. The van der Waals surface area contributed by atoms with Crippen LogP contribution in [0.2, 0.25) is 0 Å². The summed E-state index contributed by atoms with van der Waals surface area (Å²) in [4.78, 5) is 11.4. The Morgan fingerprint density at radius 1 is 1.30 bits per heavy atom. The fourth-order valence-corrected chi connectivity index (χ4v) is 2.86. The molecule has 0 aromatic heterocycles. The molecule has 1 aliphatic rings. The second kappa shape index (κ2) is 7.32. The Balaban J connectivity index is 2.15. The van der Waals surface area contributed by atoms with E-state index in [4.69, 9.17) is 4.74 Å². The molecule has 0 unspecified atom stereocenters. The summed E-state index contributed by atoms with van der Waals surface area (Å²) in [6.07, 6.45) is 8.15. The van der Waals surface area contributed by atoms with E-state index in [0.29, 0.717) is 23.8 Å². The van der Waals surface area contributed by atoms with E-state index in [1.165, 1.54) is 32.1 Å². The number of benzene rings is 1. The number of hydrogen-bond donors (Lipinski definition) is 1. The van der Waals surface area contributed by atoms with E-state index in [-0.39, 0.29) is 0 Å². The van der Waals surface area contributed by atoms with E-state index in [1.54, 1.807) is 0 Å². The second-order valence-electron chi connectivity index (χ2n) is 5.60. The highest BCUT2D eigenvalue weighted by molar-refractivity contribution is 5.91. The molecule has 0 aliphatic heterocycles. The standard InChI is InChI=1S/C17H24O3/c1-2-3-11-20-16-10-9-14(12-15(16)17(18)19)13-7-5-4-6-8-13/h9-10,12-13H,2-8,11H2,1H3,(H,18,19). The monoisotopic (exact) mass is 276 g/mol. The molecule has 2 rings (SSSR count). The SMILES string of the molecule is CCCCOc1ccc(C2CCCCC2)cc1C(=O)O. The van der Waals surface area contributed by atoms with Crippen LogP contribution in [0.25, 0.3) is 0 Å². The minimum atomic E-state index is -0.894. The van der Waals surface area contributed by atoms with Gasteiger partial charge in [0.15, 0.2) is 0 Å². The Hall–Kier alpha value is -1.51. The Morgan fingerprint density at radius 3 is 2.70 bits per heavy atom. The number of carboxylic acids is 1. The lowest BCUT2D eigenvalue weighted by Crippen LogP contribution is -2.08. The first-order valence-corrected chi connectivity index (χ1v) is 7.72. The molecule has 0 saturated heterocycles. The van der Waals surface area contributed by atoms with Gasteiger partial charge in [-0.05, 0) is 42.9 Å². The van der Waals surface area contributed by atoms with Crippen LogP contribution in [0.1, 0.15) is 73.7 Å². The molecular weight excluding hydrogens is 252 g/mol. The second-order valence-corrected chi connectivity index (χ2v) is 5.60. The molecule has 1 aromatic rings. The number of carboxylic acid groups (broad SMARTS) is 1. The fraction of sp³-hybridized carbons (Fsp3) is 0.588. The van der Waals surface area contributed by atoms with Gasteiger partial charge in [0.1, 0.15) is 11.3 Å². The number of hydrogen-bond acceptors (Lipinski definition) is 2. The van der Waals surface area contributed by atoms with E-state index in [2.05, 4.69) is 6.92 Å². The van der Waals surface area contributed by atoms with Crippen LogP contribution in [0.4, 0.5) is 0 Å². The van der Waals surface area contributed by atoms with Gasteiger partial charge in [-0.2, -0.15) is 0 Å². The molecule has 0 spiro atoms. The van der Waals surface area contributed by atoms with Gasteiger partial charge in [0, 0.05) is 0 Å². The molecule has 0 radical (unpaired) electrons. The molecule has 0 amide bonds. The van der Waals surface area contributed by atoms with E-state index in [0.717, 1.165) is 18.4 Å². The highest BCUT2D eigenvalue weighted by Gasteiger charge is 2.19. The van der Waals surface area contributed by atoms with Crippen LogP contribution in [0.3, 0.4) is 0 Å². The average Bonchev–Trinajstić information content (AvgIpc) is 2.48. The summed E-state index contributed by atoms with van der Waals surface area (Å²) in [5.41, 5.74) is 1.47. The summed E-state index contributed by atoms with van der Waals surface area (Å²) >= 11 is 0. The van der Waals surface area contributed by atoms with Crippen LogP contribution >= 0.6 is 0 Å². The van der Waals surface area contributed by atoms with Crippen LogP contribution in [-0.4, -0.2) is 17.7 Å². The number of rotatable bonds is 6. The summed E-state index contributed by atoms with van der Waals surface area (Å²) in [6, 6.07) is 5.70. The molecule has 1 N–H and O–H groups in total. The summed E-state index contributed by atoms with van der Waals surface area (Å²) in [5.74, 6) is 0.131. The van der Waals surface area contributed by atoms with Gasteiger partial charge in [-0.15, -0.1) is 0 Å². The molecule has 1 aromatic carbocycles. The maximum atomic E-state index is 11.4. The van der Waals surface area contributed by atoms with Gasteiger partial charge in [-0.1, -0.05) is 38.7 Å². The van der Waals surface area contributed by atoms with Gasteiger partial charge in [-0.25, -0.2) is 4.79 Å². The first-order chi connectivity index (χ1) is 9.72.